The Labute approximate surface area is 108 Å². The van der Waals surface area contributed by atoms with Gasteiger partial charge in [0.15, 0.2) is 0 Å². The monoisotopic (exact) mass is 253 g/mol. The zero-order chi connectivity index (χ0) is 13.3. The molecule has 4 nitrogen and oxygen atoms in total. The number of carboxylic acid groups (broad SMARTS) is 1. The van der Waals surface area contributed by atoms with Crippen LogP contribution in [0.4, 0.5) is 0 Å². The van der Waals surface area contributed by atoms with Gasteiger partial charge in [0.25, 0.3) is 0 Å². The quantitative estimate of drug-likeness (QED) is 0.807. The molecule has 0 unspecified atom stereocenters. The summed E-state index contributed by atoms with van der Waals surface area (Å²) in [6.07, 6.45) is 5.91. The van der Waals surface area contributed by atoms with E-state index in [0.29, 0.717) is 18.8 Å². The molecule has 2 aliphatic rings. The minimum Gasteiger partial charge on any atom is -0.481 e. The lowest BCUT2D eigenvalue weighted by molar-refractivity contribution is -0.147. The Morgan fingerprint density at radius 1 is 1.17 bits per heavy atom. The zero-order valence-electron chi connectivity index (χ0n) is 11.2. The summed E-state index contributed by atoms with van der Waals surface area (Å²) < 4.78 is 0. The molecule has 0 atom stereocenters. The van der Waals surface area contributed by atoms with Gasteiger partial charge in [-0.2, -0.15) is 0 Å². The van der Waals surface area contributed by atoms with Crippen LogP contribution in [0.3, 0.4) is 0 Å². The predicted molar refractivity (Wildman–Crippen MR) is 68.0 cm³/mol. The average Bonchev–Trinajstić information content (AvgIpc) is 2.75. The highest BCUT2D eigenvalue weighted by Gasteiger charge is 2.41. The van der Waals surface area contributed by atoms with E-state index in [4.69, 9.17) is 5.11 Å². The number of hydrogen-bond acceptors (Lipinski definition) is 2. The van der Waals surface area contributed by atoms with Crippen LogP contribution in [-0.2, 0) is 9.59 Å². The molecule has 2 N–H and O–H groups in total. The third kappa shape index (κ3) is 2.52. The first-order chi connectivity index (χ1) is 8.41. The van der Waals surface area contributed by atoms with Crippen molar-refractivity contribution in [3.63, 3.8) is 0 Å². The van der Waals surface area contributed by atoms with Gasteiger partial charge in [-0.05, 0) is 31.6 Å². The number of carbonyl (C=O) groups excluding carboxylic acids is 1. The lowest BCUT2D eigenvalue weighted by Gasteiger charge is -2.37. The van der Waals surface area contributed by atoms with Crippen LogP contribution in [0.1, 0.15) is 52.4 Å². The predicted octanol–water partition coefficient (Wildman–Crippen LogP) is 2.18. The summed E-state index contributed by atoms with van der Waals surface area (Å²) in [7, 11) is 0. The van der Waals surface area contributed by atoms with Gasteiger partial charge in [0, 0.05) is 11.5 Å². The Kier molecular flexibility index (Phi) is 3.64. The van der Waals surface area contributed by atoms with Crippen LogP contribution in [0.25, 0.3) is 0 Å². The molecule has 2 aliphatic carbocycles. The molecule has 0 radical (unpaired) electrons. The number of amides is 1. The topological polar surface area (TPSA) is 66.4 Å². The zero-order valence-corrected chi connectivity index (χ0v) is 11.2. The van der Waals surface area contributed by atoms with Crippen LogP contribution in [-0.4, -0.2) is 23.0 Å². The van der Waals surface area contributed by atoms with Crippen molar-refractivity contribution >= 4 is 11.9 Å². The third-order valence-electron chi connectivity index (χ3n) is 4.78. The first-order valence-electron chi connectivity index (χ1n) is 6.95. The van der Waals surface area contributed by atoms with Gasteiger partial charge in [-0.25, -0.2) is 0 Å². The van der Waals surface area contributed by atoms with Crippen molar-refractivity contribution in [2.24, 2.45) is 17.3 Å². The first-order valence-corrected chi connectivity index (χ1v) is 6.95. The summed E-state index contributed by atoms with van der Waals surface area (Å²) in [6, 6.07) is 0.0688. The Balaban J connectivity index is 1.83. The second-order valence-electron chi connectivity index (χ2n) is 6.38. The van der Waals surface area contributed by atoms with Crippen LogP contribution in [0, 0.1) is 17.3 Å². The van der Waals surface area contributed by atoms with Gasteiger partial charge in [-0.3, -0.25) is 9.59 Å². The normalized spacial score (nSPS) is 28.8. The van der Waals surface area contributed by atoms with Gasteiger partial charge in [0.1, 0.15) is 0 Å². The Morgan fingerprint density at radius 2 is 1.72 bits per heavy atom. The van der Waals surface area contributed by atoms with E-state index < -0.39 is 5.97 Å². The average molecular weight is 253 g/mol. The molecule has 0 bridgehead atoms. The van der Waals surface area contributed by atoms with E-state index in [0.717, 1.165) is 12.8 Å². The fourth-order valence-electron chi connectivity index (χ4n) is 3.14. The molecule has 0 aromatic rings. The van der Waals surface area contributed by atoms with Crippen molar-refractivity contribution in [2.75, 3.05) is 0 Å². The van der Waals surface area contributed by atoms with Gasteiger partial charge >= 0.3 is 5.97 Å². The fourth-order valence-corrected chi connectivity index (χ4v) is 3.14. The maximum absolute atomic E-state index is 12.3. The van der Waals surface area contributed by atoms with E-state index in [9.17, 15) is 9.59 Å². The van der Waals surface area contributed by atoms with Gasteiger partial charge < -0.3 is 10.4 Å². The number of carboxylic acids is 1. The summed E-state index contributed by atoms with van der Waals surface area (Å²) in [5.41, 5.74) is -0.315. The lowest BCUT2D eigenvalue weighted by Crippen LogP contribution is -2.51. The number of rotatable bonds is 4. The van der Waals surface area contributed by atoms with Crippen LogP contribution < -0.4 is 5.32 Å². The Bertz CT molecular complexity index is 339. The molecule has 1 amide bonds. The summed E-state index contributed by atoms with van der Waals surface area (Å²) in [4.78, 5) is 23.0. The highest BCUT2D eigenvalue weighted by atomic mass is 16.4. The molecule has 18 heavy (non-hydrogen) atoms. The van der Waals surface area contributed by atoms with Crippen LogP contribution in [0.2, 0.25) is 0 Å². The van der Waals surface area contributed by atoms with Crippen molar-refractivity contribution in [2.45, 2.75) is 58.4 Å². The third-order valence-corrected chi connectivity index (χ3v) is 4.78. The van der Waals surface area contributed by atoms with Crippen molar-refractivity contribution in [3.8, 4) is 0 Å². The Morgan fingerprint density at radius 3 is 2.22 bits per heavy atom. The van der Waals surface area contributed by atoms with Crippen molar-refractivity contribution < 1.29 is 14.7 Å². The second kappa shape index (κ2) is 4.90. The molecular weight excluding hydrogens is 230 g/mol. The molecule has 0 aliphatic heterocycles. The number of nitrogens with one attached hydrogen (secondary N) is 1. The van der Waals surface area contributed by atoms with E-state index >= 15 is 0 Å². The molecule has 4 heteroatoms. The molecule has 102 valence electrons. The molecule has 0 aromatic heterocycles. The van der Waals surface area contributed by atoms with Gasteiger partial charge in [0.05, 0.1) is 5.92 Å². The second-order valence-corrected chi connectivity index (χ2v) is 6.38. The van der Waals surface area contributed by atoms with E-state index in [1.165, 1.54) is 12.8 Å². The van der Waals surface area contributed by atoms with Gasteiger partial charge in [-0.1, -0.05) is 26.7 Å². The minimum absolute atomic E-state index is 0.0688. The van der Waals surface area contributed by atoms with Gasteiger partial charge in [-0.15, -0.1) is 0 Å². The number of aliphatic carboxylic acids is 1. The van der Waals surface area contributed by atoms with Crippen molar-refractivity contribution in [1.82, 2.24) is 5.32 Å². The van der Waals surface area contributed by atoms with Gasteiger partial charge in [0.2, 0.25) is 5.91 Å². The molecule has 0 heterocycles. The maximum Gasteiger partial charge on any atom is 0.306 e. The summed E-state index contributed by atoms with van der Waals surface area (Å²) in [5, 5.41) is 11.8. The standard InChI is InChI=1S/C14H23NO3/c1-14(2,10-5-3-4-6-10)13(18)15-11-7-9(8-11)12(16)17/h9-11H,3-8H2,1-2H3,(H,15,18)(H,16,17). The molecule has 0 saturated heterocycles. The summed E-state index contributed by atoms with van der Waals surface area (Å²) >= 11 is 0. The van der Waals surface area contributed by atoms with E-state index in [2.05, 4.69) is 5.32 Å². The fraction of sp³-hybridized carbons (Fsp3) is 0.857. The SMILES string of the molecule is CC(C)(C(=O)NC1CC(C(=O)O)C1)C1CCCC1. The van der Waals surface area contributed by atoms with Crippen LogP contribution >= 0.6 is 0 Å². The molecule has 2 rings (SSSR count). The summed E-state index contributed by atoms with van der Waals surface area (Å²) in [5.74, 6) is -0.420. The highest BCUT2D eigenvalue weighted by molar-refractivity contribution is 5.83. The molecule has 2 fully saturated rings. The molecule has 0 aromatic carbocycles. The van der Waals surface area contributed by atoms with Crippen LogP contribution in [0.5, 0.6) is 0 Å². The van der Waals surface area contributed by atoms with Crippen molar-refractivity contribution in [1.29, 1.82) is 0 Å². The molecule has 2 saturated carbocycles. The largest absolute Gasteiger partial charge is 0.481 e. The van der Waals surface area contributed by atoms with E-state index in [-0.39, 0.29) is 23.3 Å². The smallest absolute Gasteiger partial charge is 0.306 e. The molecular formula is C14H23NO3. The molecule has 0 spiro atoms. The lowest BCUT2D eigenvalue weighted by atomic mass is 9.75. The Hall–Kier alpha value is -1.06. The highest BCUT2D eigenvalue weighted by Crippen LogP contribution is 2.40. The van der Waals surface area contributed by atoms with E-state index in [1.54, 1.807) is 0 Å². The van der Waals surface area contributed by atoms with Crippen LogP contribution in [0.15, 0.2) is 0 Å². The summed E-state index contributed by atoms with van der Waals surface area (Å²) in [6.45, 7) is 4.04. The number of carbonyl (C=O) groups is 2. The number of hydrogen-bond donors (Lipinski definition) is 2. The minimum atomic E-state index is -0.740. The van der Waals surface area contributed by atoms with Crippen molar-refractivity contribution in [3.05, 3.63) is 0 Å². The maximum atomic E-state index is 12.3. The van der Waals surface area contributed by atoms with E-state index in [1.807, 2.05) is 13.8 Å². The first kappa shape index (κ1) is 13.4.